The van der Waals surface area contributed by atoms with Gasteiger partial charge in [-0.1, -0.05) is 0 Å². The smallest absolute Gasteiger partial charge is 0.233 e. The molecule has 1 saturated heterocycles. The third-order valence-electron chi connectivity index (χ3n) is 3.30. The zero-order valence-electron chi connectivity index (χ0n) is 9.79. The van der Waals surface area contributed by atoms with Crippen molar-refractivity contribution >= 4 is 5.78 Å². The summed E-state index contributed by atoms with van der Waals surface area (Å²) in [6, 6.07) is 2.30. The van der Waals surface area contributed by atoms with Crippen molar-refractivity contribution in [2.24, 2.45) is 5.73 Å². The number of piperidine rings is 1. The number of likely N-dealkylation sites (tertiary alicyclic amines) is 1. The van der Waals surface area contributed by atoms with Gasteiger partial charge in [-0.3, -0.25) is 9.30 Å². The Kier molecular flexibility index (Phi) is 2.78. The topological polar surface area (TPSA) is 59.5 Å². The molecule has 3 rings (SSSR count). The van der Waals surface area contributed by atoms with Crippen LogP contribution < -0.4 is 5.73 Å². The number of hydrogen-bond donors (Lipinski definition) is 1. The van der Waals surface area contributed by atoms with Gasteiger partial charge in [0.2, 0.25) is 5.78 Å². The molecule has 2 N–H and O–H groups in total. The lowest BCUT2D eigenvalue weighted by molar-refractivity contribution is 0.204. The standard InChI is InChI=1S/C12H17N5/c13-10-2-6-16(7-3-10)8-11-9-17-5-1-4-14-12(17)15-11/h1,4-5,9-10H,2-3,6-8,13H2. The molecule has 0 saturated carbocycles. The van der Waals surface area contributed by atoms with Crippen LogP contribution in [0.2, 0.25) is 0 Å². The Hall–Kier alpha value is -1.46. The minimum atomic E-state index is 0.383. The predicted octanol–water partition coefficient (Wildman–Crippen LogP) is 0.652. The van der Waals surface area contributed by atoms with Gasteiger partial charge in [-0.15, -0.1) is 0 Å². The third kappa shape index (κ3) is 2.30. The van der Waals surface area contributed by atoms with Crippen molar-refractivity contribution in [2.45, 2.75) is 25.4 Å². The molecule has 3 heterocycles. The minimum Gasteiger partial charge on any atom is -0.328 e. The Morgan fingerprint density at radius 1 is 1.35 bits per heavy atom. The second-order valence-electron chi connectivity index (χ2n) is 4.67. The first-order valence-corrected chi connectivity index (χ1v) is 6.08. The van der Waals surface area contributed by atoms with E-state index in [4.69, 9.17) is 5.73 Å². The monoisotopic (exact) mass is 231 g/mol. The van der Waals surface area contributed by atoms with Gasteiger partial charge in [-0.25, -0.2) is 9.97 Å². The van der Waals surface area contributed by atoms with Crippen LogP contribution in [0.1, 0.15) is 18.5 Å². The predicted molar refractivity (Wildman–Crippen MR) is 65.5 cm³/mol. The fourth-order valence-corrected chi connectivity index (χ4v) is 2.30. The zero-order valence-corrected chi connectivity index (χ0v) is 9.79. The summed E-state index contributed by atoms with van der Waals surface area (Å²) < 4.78 is 1.96. The molecule has 90 valence electrons. The number of hydrogen-bond acceptors (Lipinski definition) is 4. The van der Waals surface area contributed by atoms with Crippen molar-refractivity contribution < 1.29 is 0 Å². The fraction of sp³-hybridized carbons (Fsp3) is 0.500. The van der Waals surface area contributed by atoms with E-state index in [-0.39, 0.29) is 0 Å². The number of aromatic nitrogens is 3. The van der Waals surface area contributed by atoms with Gasteiger partial charge in [0, 0.05) is 44.3 Å². The Labute approximate surface area is 100 Å². The SMILES string of the molecule is NC1CCN(Cc2cn3cccnc3n2)CC1. The summed E-state index contributed by atoms with van der Waals surface area (Å²) in [4.78, 5) is 11.1. The average Bonchev–Trinajstić information content (AvgIpc) is 2.74. The largest absolute Gasteiger partial charge is 0.328 e. The van der Waals surface area contributed by atoms with Gasteiger partial charge in [0.1, 0.15) is 0 Å². The Bertz CT molecular complexity index is 465. The van der Waals surface area contributed by atoms with Crippen LogP contribution in [0.25, 0.3) is 5.78 Å². The van der Waals surface area contributed by atoms with Crippen LogP contribution in [-0.4, -0.2) is 38.4 Å². The van der Waals surface area contributed by atoms with Crippen molar-refractivity contribution in [3.63, 3.8) is 0 Å². The van der Waals surface area contributed by atoms with Crippen LogP contribution in [0.5, 0.6) is 0 Å². The number of imidazole rings is 1. The molecular formula is C12H17N5. The van der Waals surface area contributed by atoms with Crippen LogP contribution in [0.3, 0.4) is 0 Å². The normalized spacial score (nSPS) is 18.9. The minimum absolute atomic E-state index is 0.383. The molecule has 2 aromatic heterocycles. The van der Waals surface area contributed by atoms with Gasteiger partial charge in [0.15, 0.2) is 0 Å². The van der Waals surface area contributed by atoms with Crippen molar-refractivity contribution in [1.29, 1.82) is 0 Å². The van der Waals surface area contributed by atoms with Crippen molar-refractivity contribution in [3.8, 4) is 0 Å². The molecule has 0 bridgehead atoms. The number of nitrogens with two attached hydrogens (primary N) is 1. The highest BCUT2D eigenvalue weighted by Crippen LogP contribution is 2.12. The summed E-state index contributed by atoms with van der Waals surface area (Å²) in [7, 11) is 0. The van der Waals surface area contributed by atoms with Crippen LogP contribution >= 0.6 is 0 Å². The average molecular weight is 231 g/mol. The second-order valence-corrected chi connectivity index (χ2v) is 4.67. The van der Waals surface area contributed by atoms with E-state index in [0.717, 1.165) is 43.9 Å². The van der Waals surface area contributed by atoms with E-state index in [1.807, 2.05) is 16.7 Å². The van der Waals surface area contributed by atoms with Gasteiger partial charge in [0.25, 0.3) is 0 Å². The molecule has 0 spiro atoms. The van der Waals surface area contributed by atoms with E-state index < -0.39 is 0 Å². The molecule has 1 aliphatic heterocycles. The van der Waals surface area contributed by atoms with Crippen LogP contribution in [0, 0.1) is 0 Å². The molecule has 0 amide bonds. The quantitative estimate of drug-likeness (QED) is 0.824. The van der Waals surface area contributed by atoms with Gasteiger partial charge < -0.3 is 5.73 Å². The lowest BCUT2D eigenvalue weighted by Crippen LogP contribution is -2.39. The lowest BCUT2D eigenvalue weighted by Gasteiger charge is -2.29. The Morgan fingerprint density at radius 2 is 2.18 bits per heavy atom. The highest BCUT2D eigenvalue weighted by Gasteiger charge is 2.16. The Balaban J connectivity index is 1.72. The first-order chi connectivity index (χ1) is 8.31. The van der Waals surface area contributed by atoms with Gasteiger partial charge in [0.05, 0.1) is 5.69 Å². The highest BCUT2D eigenvalue weighted by atomic mass is 15.2. The Morgan fingerprint density at radius 3 is 2.94 bits per heavy atom. The maximum atomic E-state index is 5.90. The van der Waals surface area contributed by atoms with Crippen molar-refractivity contribution in [1.82, 2.24) is 19.3 Å². The van der Waals surface area contributed by atoms with E-state index in [1.54, 1.807) is 6.20 Å². The number of fused-ring (bicyclic) bond motifs is 1. The van der Waals surface area contributed by atoms with E-state index in [0.29, 0.717) is 6.04 Å². The summed E-state index contributed by atoms with van der Waals surface area (Å²) in [6.45, 7) is 3.04. The molecule has 1 fully saturated rings. The number of nitrogens with zero attached hydrogens (tertiary/aromatic N) is 4. The molecular weight excluding hydrogens is 214 g/mol. The van der Waals surface area contributed by atoms with Crippen LogP contribution in [-0.2, 0) is 6.54 Å². The molecule has 0 aromatic carbocycles. The van der Waals surface area contributed by atoms with Gasteiger partial charge in [-0.05, 0) is 18.9 Å². The maximum Gasteiger partial charge on any atom is 0.233 e. The molecule has 5 nitrogen and oxygen atoms in total. The first kappa shape index (κ1) is 10.7. The third-order valence-corrected chi connectivity index (χ3v) is 3.30. The first-order valence-electron chi connectivity index (χ1n) is 6.08. The summed E-state index contributed by atoms with van der Waals surface area (Å²) in [5.74, 6) is 0.774. The van der Waals surface area contributed by atoms with E-state index >= 15 is 0 Å². The van der Waals surface area contributed by atoms with E-state index in [1.165, 1.54) is 0 Å². The molecule has 5 heteroatoms. The maximum absolute atomic E-state index is 5.90. The highest BCUT2D eigenvalue weighted by molar-refractivity contribution is 5.29. The van der Waals surface area contributed by atoms with Crippen LogP contribution in [0.15, 0.2) is 24.7 Å². The van der Waals surface area contributed by atoms with Crippen molar-refractivity contribution in [2.75, 3.05) is 13.1 Å². The summed E-state index contributed by atoms with van der Waals surface area (Å²) in [6.07, 6.45) is 7.98. The molecule has 1 aliphatic rings. The zero-order chi connectivity index (χ0) is 11.7. The molecule has 0 unspecified atom stereocenters. The van der Waals surface area contributed by atoms with Gasteiger partial charge >= 0.3 is 0 Å². The summed E-state index contributed by atoms with van der Waals surface area (Å²) >= 11 is 0. The molecule has 2 aromatic rings. The van der Waals surface area contributed by atoms with Crippen LogP contribution in [0.4, 0.5) is 0 Å². The number of rotatable bonds is 2. The lowest BCUT2D eigenvalue weighted by atomic mass is 10.1. The fourth-order valence-electron chi connectivity index (χ4n) is 2.30. The molecule has 0 atom stereocenters. The van der Waals surface area contributed by atoms with E-state index in [9.17, 15) is 0 Å². The molecule has 17 heavy (non-hydrogen) atoms. The summed E-state index contributed by atoms with van der Waals surface area (Å²) in [5.41, 5.74) is 6.98. The van der Waals surface area contributed by atoms with Gasteiger partial charge in [-0.2, -0.15) is 0 Å². The second kappa shape index (κ2) is 4.43. The molecule has 0 radical (unpaired) electrons. The molecule has 0 aliphatic carbocycles. The van der Waals surface area contributed by atoms with Crippen molar-refractivity contribution in [3.05, 3.63) is 30.4 Å². The summed E-state index contributed by atoms with van der Waals surface area (Å²) in [5, 5.41) is 0. The van der Waals surface area contributed by atoms with E-state index in [2.05, 4.69) is 21.1 Å².